The quantitative estimate of drug-likeness (QED) is 0.748. The van der Waals surface area contributed by atoms with Crippen LogP contribution >= 0.6 is 0 Å². The highest BCUT2D eigenvalue weighted by atomic mass is 28.3. The molecule has 3 rings (SSSR count). The minimum Gasteiger partial charge on any atom is -0.322 e. The van der Waals surface area contributed by atoms with Crippen LogP contribution in [0.3, 0.4) is 0 Å². The van der Waals surface area contributed by atoms with E-state index in [0.717, 1.165) is 11.3 Å². The van der Waals surface area contributed by atoms with Gasteiger partial charge in [-0.2, -0.15) is 0 Å². The highest BCUT2D eigenvalue weighted by molar-refractivity contribution is 6.83. The molecule has 24 heavy (non-hydrogen) atoms. The van der Waals surface area contributed by atoms with Gasteiger partial charge in [0.25, 0.3) is 0 Å². The first-order valence-corrected chi connectivity index (χ1v) is 11.8. The molecule has 2 nitrogen and oxygen atoms in total. The average Bonchev–Trinajstić information content (AvgIpc) is 2.62. The van der Waals surface area contributed by atoms with Crippen LogP contribution in [0, 0.1) is 0 Å². The molecule has 1 aliphatic rings. The summed E-state index contributed by atoms with van der Waals surface area (Å²) < 4.78 is 0. The number of hydrogen-bond acceptors (Lipinski definition) is 1. The van der Waals surface area contributed by atoms with Gasteiger partial charge in [-0.05, 0) is 23.3 Å². The molecule has 0 spiro atoms. The fourth-order valence-corrected chi connectivity index (χ4v) is 4.85. The zero-order chi connectivity index (χ0) is 17.2. The maximum Gasteiger partial charge on any atom is 0.247 e. The molecule has 2 aromatic rings. The summed E-state index contributed by atoms with van der Waals surface area (Å²) in [4.78, 5) is 12.6. The molecule has 1 amide bonds. The lowest BCUT2D eigenvalue weighted by Gasteiger charge is -2.27. The molecule has 0 aliphatic carbocycles. The summed E-state index contributed by atoms with van der Waals surface area (Å²) in [5.74, 6) is 0.0966. The van der Waals surface area contributed by atoms with E-state index < -0.39 is 8.07 Å². The van der Waals surface area contributed by atoms with Crippen molar-refractivity contribution < 1.29 is 4.79 Å². The Morgan fingerprint density at radius 2 is 1.58 bits per heavy atom. The molecule has 0 aromatic heterocycles. The van der Waals surface area contributed by atoms with Crippen molar-refractivity contribution in [3.63, 3.8) is 0 Å². The van der Waals surface area contributed by atoms with Crippen LogP contribution in [0.4, 0.5) is 5.69 Å². The molecule has 0 saturated carbocycles. The number of carbonyl (C=O) groups excluding carboxylic acids is 1. The van der Waals surface area contributed by atoms with Gasteiger partial charge in [-0.3, -0.25) is 4.79 Å². The van der Waals surface area contributed by atoms with Crippen LogP contribution in [0.2, 0.25) is 19.6 Å². The molecule has 0 fully saturated rings. The third-order valence-electron chi connectivity index (χ3n) is 4.33. The summed E-state index contributed by atoms with van der Waals surface area (Å²) in [5, 5.41) is 4.28. The highest BCUT2D eigenvalue weighted by Gasteiger charge is 2.28. The number of hydrogen-bond donors (Lipinski definition) is 1. The molecule has 3 heteroatoms. The number of fused-ring (bicyclic) bond motifs is 1. The first-order valence-electron chi connectivity index (χ1n) is 8.30. The molecular formula is C21H23NOSi. The molecule has 1 atom stereocenters. The molecular weight excluding hydrogens is 310 g/mol. The highest BCUT2D eigenvalue weighted by Crippen LogP contribution is 2.34. The molecule has 0 bridgehead atoms. The summed E-state index contributed by atoms with van der Waals surface area (Å²) in [7, 11) is -1.68. The van der Waals surface area contributed by atoms with E-state index in [0.29, 0.717) is 0 Å². The van der Waals surface area contributed by atoms with E-state index in [1.165, 1.54) is 10.8 Å². The summed E-state index contributed by atoms with van der Waals surface area (Å²) in [6, 6.07) is 18.4. The summed E-state index contributed by atoms with van der Waals surface area (Å²) in [6.45, 7) is 6.88. The van der Waals surface area contributed by atoms with Crippen LogP contribution in [0.5, 0.6) is 0 Å². The second-order valence-electron chi connectivity index (χ2n) is 7.17. The molecule has 1 unspecified atom stereocenters. The SMILES string of the molecule is C[Si](C)(C)/C1=C/C(=O)Nc2ccccc2/C=C\C1c1ccccc1. The lowest BCUT2D eigenvalue weighted by molar-refractivity contribution is -0.111. The molecule has 0 saturated heterocycles. The Kier molecular flexibility index (Phi) is 4.54. The number of rotatable bonds is 2. The normalized spacial score (nSPS) is 21.4. The number of allylic oxidation sites excluding steroid dienone is 2. The molecule has 122 valence electrons. The van der Waals surface area contributed by atoms with Crippen LogP contribution in [0.25, 0.3) is 6.08 Å². The van der Waals surface area contributed by atoms with Gasteiger partial charge in [-0.15, -0.1) is 0 Å². The van der Waals surface area contributed by atoms with Gasteiger partial charge in [0.2, 0.25) is 5.91 Å². The van der Waals surface area contributed by atoms with Gasteiger partial charge in [-0.1, -0.05) is 85.5 Å². The van der Waals surface area contributed by atoms with E-state index in [1.54, 1.807) is 0 Å². The maximum atomic E-state index is 12.6. The van der Waals surface area contributed by atoms with Gasteiger partial charge < -0.3 is 5.32 Å². The fourth-order valence-electron chi connectivity index (χ4n) is 3.09. The van der Waals surface area contributed by atoms with Crippen LogP contribution in [0.15, 0.2) is 71.9 Å². The number of anilines is 1. The van der Waals surface area contributed by atoms with Gasteiger partial charge in [0.05, 0.1) is 8.07 Å². The van der Waals surface area contributed by atoms with Gasteiger partial charge in [0.15, 0.2) is 0 Å². The van der Waals surface area contributed by atoms with E-state index in [1.807, 2.05) is 36.4 Å². The van der Waals surface area contributed by atoms with Crippen molar-refractivity contribution in [3.8, 4) is 0 Å². The van der Waals surface area contributed by atoms with Crippen molar-refractivity contribution in [1.82, 2.24) is 0 Å². The first kappa shape index (κ1) is 16.5. The zero-order valence-electron chi connectivity index (χ0n) is 14.4. The maximum absolute atomic E-state index is 12.6. The smallest absolute Gasteiger partial charge is 0.247 e. The summed E-state index contributed by atoms with van der Waals surface area (Å²) in [6.07, 6.45) is 6.20. The monoisotopic (exact) mass is 333 g/mol. The molecule has 1 N–H and O–H groups in total. The van der Waals surface area contributed by atoms with E-state index in [2.05, 4.69) is 61.4 Å². The van der Waals surface area contributed by atoms with Crippen molar-refractivity contribution in [2.24, 2.45) is 0 Å². The Balaban J connectivity index is 2.17. The number of nitrogens with one attached hydrogen (secondary N) is 1. The second-order valence-corrected chi connectivity index (χ2v) is 12.3. The molecule has 0 radical (unpaired) electrons. The van der Waals surface area contributed by atoms with Crippen molar-refractivity contribution in [2.45, 2.75) is 25.6 Å². The van der Waals surface area contributed by atoms with Gasteiger partial charge in [-0.25, -0.2) is 0 Å². The Morgan fingerprint density at radius 1 is 0.917 bits per heavy atom. The molecule has 2 aromatic carbocycles. The van der Waals surface area contributed by atoms with Crippen LogP contribution in [-0.2, 0) is 4.79 Å². The van der Waals surface area contributed by atoms with Crippen LogP contribution < -0.4 is 5.32 Å². The average molecular weight is 334 g/mol. The van der Waals surface area contributed by atoms with Gasteiger partial charge in [0, 0.05) is 11.6 Å². The first-order chi connectivity index (χ1) is 11.4. The number of amides is 1. The second kappa shape index (κ2) is 6.61. The predicted octanol–water partition coefficient (Wildman–Crippen LogP) is 5.24. The predicted molar refractivity (Wildman–Crippen MR) is 105 cm³/mol. The lowest BCUT2D eigenvalue weighted by Crippen LogP contribution is -2.29. The minimum atomic E-state index is -1.68. The Labute approximate surface area is 144 Å². The zero-order valence-corrected chi connectivity index (χ0v) is 15.4. The van der Waals surface area contributed by atoms with E-state index in [9.17, 15) is 4.79 Å². The van der Waals surface area contributed by atoms with Crippen molar-refractivity contribution in [2.75, 3.05) is 5.32 Å². The number of benzene rings is 2. The topological polar surface area (TPSA) is 29.1 Å². The Hall–Kier alpha value is -2.39. The molecule has 1 heterocycles. The standard InChI is InChI=1S/C21H23NOSi/c1-24(2,3)20-15-21(23)22-19-12-8-7-11-17(19)13-14-18(20)16-9-5-4-6-10-16/h4-15,18H,1-3H3,(H,22,23)/b14-13-,20-15+. The van der Waals surface area contributed by atoms with Gasteiger partial charge >= 0.3 is 0 Å². The lowest BCUT2D eigenvalue weighted by atomic mass is 9.96. The van der Waals surface area contributed by atoms with Crippen molar-refractivity contribution in [3.05, 3.63) is 83.1 Å². The number of para-hydroxylation sites is 1. The largest absolute Gasteiger partial charge is 0.322 e. The van der Waals surface area contributed by atoms with E-state index >= 15 is 0 Å². The third-order valence-corrected chi connectivity index (χ3v) is 6.52. The fraction of sp³-hybridized carbons (Fsp3) is 0.190. The van der Waals surface area contributed by atoms with Crippen molar-refractivity contribution >= 4 is 25.7 Å². The summed E-state index contributed by atoms with van der Waals surface area (Å²) >= 11 is 0. The van der Waals surface area contributed by atoms with Crippen LogP contribution in [-0.4, -0.2) is 14.0 Å². The van der Waals surface area contributed by atoms with E-state index in [4.69, 9.17) is 0 Å². The Bertz CT molecular complexity index is 800. The van der Waals surface area contributed by atoms with Gasteiger partial charge in [0.1, 0.15) is 0 Å². The van der Waals surface area contributed by atoms with Crippen molar-refractivity contribution in [1.29, 1.82) is 0 Å². The Morgan fingerprint density at radius 3 is 2.29 bits per heavy atom. The minimum absolute atomic E-state index is 0.0375. The van der Waals surface area contributed by atoms with Crippen LogP contribution in [0.1, 0.15) is 17.0 Å². The number of carbonyl (C=O) groups is 1. The third kappa shape index (κ3) is 3.57. The van der Waals surface area contributed by atoms with E-state index in [-0.39, 0.29) is 11.8 Å². The molecule has 1 aliphatic heterocycles. The summed E-state index contributed by atoms with van der Waals surface area (Å²) in [5.41, 5.74) is 3.13.